The lowest BCUT2D eigenvalue weighted by Gasteiger charge is -2.40. The Labute approximate surface area is 147 Å². The molecule has 6 heteroatoms. The van der Waals surface area contributed by atoms with Gasteiger partial charge in [0.1, 0.15) is 0 Å². The highest BCUT2D eigenvalue weighted by molar-refractivity contribution is 5.85. The number of likely N-dealkylation sites (tertiary alicyclic amines) is 2. The molecule has 2 fully saturated rings. The Hall–Kier alpha value is -2.37. The number of nitrogens with zero attached hydrogens (tertiary/aromatic N) is 2. The zero-order valence-corrected chi connectivity index (χ0v) is 14.6. The number of piperidine rings is 1. The third-order valence-electron chi connectivity index (χ3n) is 5.56. The number of rotatable bonds is 3. The molecule has 2 amide bonds. The van der Waals surface area contributed by atoms with Crippen molar-refractivity contribution in [2.24, 2.45) is 17.8 Å². The molecular weight excluding hydrogens is 320 g/mol. The van der Waals surface area contributed by atoms with E-state index in [0.29, 0.717) is 19.4 Å². The van der Waals surface area contributed by atoms with Crippen LogP contribution in [0.25, 0.3) is 0 Å². The van der Waals surface area contributed by atoms with Crippen molar-refractivity contribution in [2.45, 2.75) is 25.8 Å². The van der Waals surface area contributed by atoms with Gasteiger partial charge in [0.2, 0.25) is 11.8 Å². The van der Waals surface area contributed by atoms with Crippen molar-refractivity contribution in [3.63, 3.8) is 0 Å². The van der Waals surface area contributed by atoms with Gasteiger partial charge in [0.25, 0.3) is 0 Å². The first-order valence-corrected chi connectivity index (χ1v) is 8.72. The van der Waals surface area contributed by atoms with Crippen LogP contribution >= 0.6 is 0 Å². The largest absolute Gasteiger partial charge is 0.481 e. The van der Waals surface area contributed by atoms with E-state index in [1.54, 1.807) is 16.8 Å². The van der Waals surface area contributed by atoms with Crippen LogP contribution < -0.4 is 0 Å². The number of hydrogen-bond acceptors (Lipinski definition) is 3. The summed E-state index contributed by atoms with van der Waals surface area (Å²) in [6.07, 6.45) is 0.853. The molecule has 134 valence electrons. The molecule has 3 rings (SSSR count). The van der Waals surface area contributed by atoms with Crippen molar-refractivity contribution in [2.75, 3.05) is 20.1 Å². The minimum atomic E-state index is -0.849. The number of carbonyl (C=O) groups excluding carboxylic acids is 2. The number of carbonyl (C=O) groups is 3. The third-order valence-corrected chi connectivity index (χ3v) is 5.56. The predicted octanol–water partition coefficient (Wildman–Crippen LogP) is 1.78. The molecule has 25 heavy (non-hydrogen) atoms. The van der Waals surface area contributed by atoms with Crippen molar-refractivity contribution < 1.29 is 19.5 Å². The molecule has 0 spiro atoms. The van der Waals surface area contributed by atoms with Crippen LogP contribution in [0.2, 0.25) is 0 Å². The lowest BCUT2D eigenvalue weighted by molar-refractivity contribution is -0.146. The molecule has 2 saturated heterocycles. The van der Waals surface area contributed by atoms with Gasteiger partial charge >= 0.3 is 5.97 Å². The zero-order chi connectivity index (χ0) is 18.1. The fraction of sp³-hybridized carbons (Fsp3) is 0.526. The first kappa shape index (κ1) is 17.5. The van der Waals surface area contributed by atoms with E-state index in [2.05, 4.69) is 0 Å². The van der Waals surface area contributed by atoms with Crippen LogP contribution in [0.1, 0.15) is 31.4 Å². The smallest absolute Gasteiger partial charge is 0.308 e. The van der Waals surface area contributed by atoms with Gasteiger partial charge in [-0.3, -0.25) is 14.4 Å². The molecule has 2 aliphatic rings. The van der Waals surface area contributed by atoms with E-state index >= 15 is 0 Å². The highest BCUT2D eigenvalue weighted by Crippen LogP contribution is 2.38. The zero-order valence-electron chi connectivity index (χ0n) is 14.6. The standard InChI is InChI=1S/C19H24N2O4/c1-12-10-21(11-15(12)19(24)25)18(23)14-8-9-16(22)20(2)17(14)13-6-4-3-5-7-13/h3-7,12,14-15,17H,8-11H2,1-2H3,(H,24,25)/t12-,14?,15-,17?/m1/s1. The van der Waals surface area contributed by atoms with Crippen LogP contribution in [-0.4, -0.2) is 52.8 Å². The van der Waals surface area contributed by atoms with Crippen LogP contribution in [0.15, 0.2) is 30.3 Å². The van der Waals surface area contributed by atoms with Gasteiger partial charge in [-0.15, -0.1) is 0 Å². The van der Waals surface area contributed by atoms with Gasteiger partial charge in [0, 0.05) is 26.6 Å². The summed E-state index contributed by atoms with van der Waals surface area (Å²) >= 11 is 0. The monoisotopic (exact) mass is 344 g/mol. The Bertz CT molecular complexity index is 675. The molecule has 2 unspecified atom stereocenters. The van der Waals surface area contributed by atoms with E-state index in [-0.39, 0.29) is 36.2 Å². The fourth-order valence-electron chi connectivity index (χ4n) is 4.11. The van der Waals surface area contributed by atoms with E-state index in [1.807, 2.05) is 37.3 Å². The van der Waals surface area contributed by atoms with Crippen LogP contribution in [0.4, 0.5) is 0 Å². The number of carboxylic acid groups (broad SMARTS) is 1. The first-order chi connectivity index (χ1) is 11.9. The van der Waals surface area contributed by atoms with Crippen LogP contribution in [0, 0.1) is 17.8 Å². The quantitative estimate of drug-likeness (QED) is 0.906. The average molecular weight is 344 g/mol. The molecule has 0 bridgehead atoms. The molecule has 1 aromatic rings. The minimum Gasteiger partial charge on any atom is -0.481 e. The summed E-state index contributed by atoms with van der Waals surface area (Å²) in [4.78, 5) is 40.0. The third kappa shape index (κ3) is 3.25. The second-order valence-corrected chi connectivity index (χ2v) is 7.17. The molecule has 2 aliphatic heterocycles. The Kier molecular flexibility index (Phi) is 4.79. The molecule has 6 nitrogen and oxygen atoms in total. The van der Waals surface area contributed by atoms with E-state index in [4.69, 9.17) is 0 Å². The summed E-state index contributed by atoms with van der Waals surface area (Å²) in [6.45, 7) is 2.59. The minimum absolute atomic E-state index is 0.0381. The van der Waals surface area contributed by atoms with Crippen molar-refractivity contribution in [3.05, 3.63) is 35.9 Å². The van der Waals surface area contributed by atoms with Crippen molar-refractivity contribution >= 4 is 17.8 Å². The number of amides is 2. The Morgan fingerprint density at radius 3 is 2.40 bits per heavy atom. The van der Waals surface area contributed by atoms with E-state index < -0.39 is 11.9 Å². The highest BCUT2D eigenvalue weighted by Gasteiger charge is 2.44. The Morgan fingerprint density at radius 1 is 1.12 bits per heavy atom. The molecular formula is C19H24N2O4. The normalized spacial score (nSPS) is 29.8. The summed E-state index contributed by atoms with van der Waals surface area (Å²) in [5.74, 6) is -1.75. The second-order valence-electron chi connectivity index (χ2n) is 7.17. The maximum atomic E-state index is 13.1. The summed E-state index contributed by atoms with van der Waals surface area (Å²) < 4.78 is 0. The topological polar surface area (TPSA) is 77.9 Å². The maximum absolute atomic E-state index is 13.1. The molecule has 0 saturated carbocycles. The molecule has 1 aromatic carbocycles. The fourth-order valence-corrected chi connectivity index (χ4v) is 4.11. The van der Waals surface area contributed by atoms with Gasteiger partial charge in [-0.25, -0.2) is 0 Å². The van der Waals surface area contributed by atoms with E-state index in [9.17, 15) is 19.5 Å². The summed E-state index contributed by atoms with van der Waals surface area (Å²) in [5, 5.41) is 9.31. The van der Waals surface area contributed by atoms with Gasteiger partial charge in [0.05, 0.1) is 17.9 Å². The second kappa shape index (κ2) is 6.86. The first-order valence-electron chi connectivity index (χ1n) is 8.72. The molecule has 0 aromatic heterocycles. The summed E-state index contributed by atoms with van der Waals surface area (Å²) in [7, 11) is 1.74. The summed E-state index contributed by atoms with van der Waals surface area (Å²) in [6, 6.07) is 9.29. The van der Waals surface area contributed by atoms with Crippen LogP contribution in [-0.2, 0) is 14.4 Å². The predicted molar refractivity (Wildman–Crippen MR) is 91.5 cm³/mol. The maximum Gasteiger partial charge on any atom is 0.308 e. The average Bonchev–Trinajstić information content (AvgIpc) is 2.99. The molecule has 2 heterocycles. The SMILES string of the molecule is C[C@@H]1CN(C(=O)C2CCC(=O)N(C)C2c2ccccc2)C[C@H]1C(=O)O. The van der Waals surface area contributed by atoms with Gasteiger partial charge in [0.15, 0.2) is 0 Å². The van der Waals surface area contributed by atoms with Crippen molar-refractivity contribution in [1.29, 1.82) is 0 Å². The Morgan fingerprint density at radius 2 is 1.80 bits per heavy atom. The van der Waals surface area contributed by atoms with Gasteiger partial charge < -0.3 is 14.9 Å². The van der Waals surface area contributed by atoms with E-state index in [0.717, 1.165) is 5.56 Å². The molecule has 1 N–H and O–H groups in total. The van der Waals surface area contributed by atoms with Crippen LogP contribution in [0.5, 0.6) is 0 Å². The van der Waals surface area contributed by atoms with Gasteiger partial charge in [-0.05, 0) is 17.9 Å². The Balaban J connectivity index is 1.85. The number of carboxylic acids is 1. The lowest BCUT2D eigenvalue weighted by Crippen LogP contribution is -2.47. The van der Waals surface area contributed by atoms with E-state index in [1.165, 1.54) is 0 Å². The number of hydrogen-bond donors (Lipinski definition) is 1. The molecule has 0 radical (unpaired) electrons. The highest BCUT2D eigenvalue weighted by atomic mass is 16.4. The van der Waals surface area contributed by atoms with Crippen LogP contribution in [0.3, 0.4) is 0 Å². The molecule has 4 atom stereocenters. The van der Waals surface area contributed by atoms with Crippen molar-refractivity contribution in [1.82, 2.24) is 9.80 Å². The van der Waals surface area contributed by atoms with Gasteiger partial charge in [-0.2, -0.15) is 0 Å². The number of aliphatic carboxylic acids is 1. The lowest BCUT2D eigenvalue weighted by atomic mass is 9.83. The number of benzene rings is 1. The summed E-state index contributed by atoms with van der Waals surface area (Å²) in [5.41, 5.74) is 0.943. The van der Waals surface area contributed by atoms with Crippen molar-refractivity contribution in [3.8, 4) is 0 Å². The van der Waals surface area contributed by atoms with Gasteiger partial charge in [-0.1, -0.05) is 37.3 Å². The molecule has 0 aliphatic carbocycles.